The fraction of sp³-hybridized carbons (Fsp3) is 0. The fourth-order valence-corrected chi connectivity index (χ4v) is 4.71. The molecule has 1 aromatic carbocycles. The minimum Gasteiger partial charge on any atom is -0.288 e. The number of halogens is 2. The lowest BCUT2D eigenvalue weighted by Crippen LogP contribution is -1.96. The Morgan fingerprint density at radius 3 is 2.67 bits per heavy atom. The quantitative estimate of drug-likeness (QED) is 0.502. The summed E-state index contributed by atoms with van der Waals surface area (Å²) in [5.74, 6) is 0.0926. The average Bonchev–Trinajstić information content (AvgIpc) is 2.95. The molecular formula is C13H6Br2OS2. The van der Waals surface area contributed by atoms with Gasteiger partial charge in [0.2, 0.25) is 5.78 Å². The van der Waals surface area contributed by atoms with Gasteiger partial charge in [-0.15, -0.1) is 22.7 Å². The summed E-state index contributed by atoms with van der Waals surface area (Å²) in [6.07, 6.45) is 0. The Balaban J connectivity index is 2.15. The highest BCUT2D eigenvalue weighted by Crippen LogP contribution is 2.34. The third-order valence-electron chi connectivity index (χ3n) is 2.59. The van der Waals surface area contributed by atoms with Gasteiger partial charge in [-0.05, 0) is 50.1 Å². The van der Waals surface area contributed by atoms with Crippen molar-refractivity contribution in [3.05, 3.63) is 54.4 Å². The van der Waals surface area contributed by atoms with E-state index in [1.807, 2.05) is 35.7 Å². The van der Waals surface area contributed by atoms with Gasteiger partial charge in [-0.1, -0.05) is 12.1 Å². The maximum absolute atomic E-state index is 12.4. The lowest BCUT2D eigenvalue weighted by molar-refractivity contribution is 0.104. The minimum absolute atomic E-state index is 0.0926. The fourth-order valence-electron chi connectivity index (χ4n) is 1.77. The predicted octanol–water partition coefficient (Wildman–Crippen LogP) is 5.72. The van der Waals surface area contributed by atoms with Gasteiger partial charge in [0.15, 0.2) is 0 Å². The summed E-state index contributed by atoms with van der Waals surface area (Å²) >= 11 is 9.96. The van der Waals surface area contributed by atoms with Crippen LogP contribution in [-0.2, 0) is 0 Å². The van der Waals surface area contributed by atoms with Crippen LogP contribution >= 0.6 is 54.5 Å². The number of ketones is 1. The highest BCUT2D eigenvalue weighted by Gasteiger charge is 2.16. The van der Waals surface area contributed by atoms with E-state index in [4.69, 9.17) is 0 Å². The van der Waals surface area contributed by atoms with Gasteiger partial charge in [-0.25, -0.2) is 0 Å². The van der Waals surface area contributed by atoms with Gasteiger partial charge in [-0.3, -0.25) is 4.79 Å². The van der Waals surface area contributed by atoms with Crippen molar-refractivity contribution in [1.29, 1.82) is 0 Å². The molecule has 0 radical (unpaired) electrons. The van der Waals surface area contributed by atoms with Crippen LogP contribution in [0.2, 0.25) is 0 Å². The molecule has 0 aliphatic carbocycles. The maximum Gasteiger partial charge on any atom is 0.204 e. The first-order chi connectivity index (χ1) is 8.66. The number of hydrogen-bond acceptors (Lipinski definition) is 3. The Bertz CT molecular complexity index is 742. The summed E-state index contributed by atoms with van der Waals surface area (Å²) < 4.78 is 3.14. The Labute approximate surface area is 129 Å². The molecule has 0 N–H and O–H groups in total. The van der Waals surface area contributed by atoms with Crippen LogP contribution in [0.25, 0.3) is 10.1 Å². The molecule has 0 fully saturated rings. The zero-order valence-electron chi connectivity index (χ0n) is 8.94. The largest absolute Gasteiger partial charge is 0.288 e. The van der Waals surface area contributed by atoms with E-state index in [1.54, 1.807) is 11.3 Å². The Hall–Kier alpha value is -0.490. The number of carbonyl (C=O) groups excluding carboxylic acids is 1. The van der Waals surface area contributed by atoms with Crippen molar-refractivity contribution in [1.82, 2.24) is 0 Å². The van der Waals surface area contributed by atoms with Gasteiger partial charge < -0.3 is 0 Å². The molecule has 0 aliphatic heterocycles. The van der Waals surface area contributed by atoms with E-state index in [9.17, 15) is 4.79 Å². The van der Waals surface area contributed by atoms with Crippen LogP contribution in [0, 0.1) is 0 Å². The van der Waals surface area contributed by atoms with Gasteiger partial charge >= 0.3 is 0 Å². The number of carbonyl (C=O) groups is 1. The molecule has 0 atom stereocenters. The van der Waals surface area contributed by atoms with Crippen molar-refractivity contribution >= 4 is 70.4 Å². The number of rotatable bonds is 2. The maximum atomic E-state index is 12.4. The molecule has 0 bridgehead atoms. The molecule has 5 heteroatoms. The molecule has 0 amide bonds. The number of fused-ring (bicyclic) bond motifs is 1. The van der Waals surface area contributed by atoms with Crippen molar-refractivity contribution < 1.29 is 4.79 Å². The minimum atomic E-state index is 0.0926. The molecule has 0 saturated carbocycles. The highest BCUT2D eigenvalue weighted by molar-refractivity contribution is 9.11. The average molecular weight is 402 g/mol. The molecule has 18 heavy (non-hydrogen) atoms. The zero-order chi connectivity index (χ0) is 12.7. The molecule has 0 spiro atoms. The molecule has 0 saturated heterocycles. The zero-order valence-corrected chi connectivity index (χ0v) is 13.7. The SMILES string of the molecule is O=C(c1ccc(Br)s1)c1csc2c(Br)cccc12. The summed E-state index contributed by atoms with van der Waals surface area (Å²) in [4.78, 5) is 13.2. The highest BCUT2D eigenvalue weighted by atomic mass is 79.9. The van der Waals surface area contributed by atoms with Crippen LogP contribution in [0.5, 0.6) is 0 Å². The molecule has 0 aliphatic rings. The summed E-state index contributed by atoms with van der Waals surface area (Å²) in [6.45, 7) is 0. The first kappa shape index (κ1) is 12.5. The van der Waals surface area contributed by atoms with E-state index < -0.39 is 0 Å². The third kappa shape index (κ3) is 2.09. The van der Waals surface area contributed by atoms with Gasteiger partial charge in [0.05, 0.1) is 8.66 Å². The molecule has 3 aromatic rings. The van der Waals surface area contributed by atoms with Crippen LogP contribution < -0.4 is 0 Å². The first-order valence-electron chi connectivity index (χ1n) is 5.12. The second-order valence-corrected chi connectivity index (χ2v) is 7.90. The van der Waals surface area contributed by atoms with E-state index in [1.165, 1.54) is 11.3 Å². The van der Waals surface area contributed by atoms with E-state index in [-0.39, 0.29) is 5.78 Å². The topological polar surface area (TPSA) is 17.1 Å². The Morgan fingerprint density at radius 2 is 1.94 bits per heavy atom. The summed E-state index contributed by atoms with van der Waals surface area (Å²) in [6, 6.07) is 9.71. The van der Waals surface area contributed by atoms with E-state index in [0.717, 1.165) is 28.8 Å². The third-order valence-corrected chi connectivity index (χ3v) is 6.17. The summed E-state index contributed by atoms with van der Waals surface area (Å²) in [5.41, 5.74) is 0.783. The molecule has 2 aromatic heterocycles. The van der Waals surface area contributed by atoms with Crippen LogP contribution in [0.3, 0.4) is 0 Å². The van der Waals surface area contributed by atoms with Crippen LogP contribution in [-0.4, -0.2) is 5.78 Å². The Morgan fingerprint density at radius 1 is 1.11 bits per heavy atom. The molecule has 2 heterocycles. The molecule has 1 nitrogen and oxygen atoms in total. The molecule has 90 valence electrons. The number of thiophene rings is 2. The van der Waals surface area contributed by atoms with Gasteiger partial charge in [-0.2, -0.15) is 0 Å². The molecule has 0 unspecified atom stereocenters. The van der Waals surface area contributed by atoms with Crippen molar-refractivity contribution in [3.63, 3.8) is 0 Å². The summed E-state index contributed by atoms with van der Waals surface area (Å²) in [7, 11) is 0. The van der Waals surface area contributed by atoms with Crippen molar-refractivity contribution in [2.75, 3.05) is 0 Å². The smallest absolute Gasteiger partial charge is 0.204 e. The van der Waals surface area contributed by atoms with E-state index >= 15 is 0 Å². The number of hydrogen-bond donors (Lipinski definition) is 0. The van der Waals surface area contributed by atoms with Gasteiger partial charge in [0, 0.05) is 25.5 Å². The lowest BCUT2D eigenvalue weighted by Gasteiger charge is -1.97. The van der Waals surface area contributed by atoms with Crippen molar-refractivity contribution in [3.8, 4) is 0 Å². The molecule has 3 rings (SSSR count). The van der Waals surface area contributed by atoms with E-state index in [0.29, 0.717) is 0 Å². The second-order valence-electron chi connectivity index (χ2n) is 3.70. The van der Waals surface area contributed by atoms with Gasteiger partial charge in [0.1, 0.15) is 0 Å². The number of benzene rings is 1. The van der Waals surface area contributed by atoms with Crippen molar-refractivity contribution in [2.45, 2.75) is 0 Å². The van der Waals surface area contributed by atoms with Gasteiger partial charge in [0.25, 0.3) is 0 Å². The van der Waals surface area contributed by atoms with Crippen LogP contribution in [0.4, 0.5) is 0 Å². The first-order valence-corrected chi connectivity index (χ1v) is 8.41. The van der Waals surface area contributed by atoms with E-state index in [2.05, 4.69) is 31.9 Å². The Kier molecular flexibility index (Phi) is 3.40. The standard InChI is InChI=1S/C13H6Br2OS2/c14-9-3-1-2-7-8(6-17-13(7)9)12(16)10-4-5-11(15)18-10/h1-6H. The molecular weight excluding hydrogens is 396 g/mol. The van der Waals surface area contributed by atoms with Crippen molar-refractivity contribution in [2.24, 2.45) is 0 Å². The summed E-state index contributed by atoms with van der Waals surface area (Å²) in [5, 5.41) is 2.95. The normalized spacial score (nSPS) is 11.0. The lowest BCUT2D eigenvalue weighted by atomic mass is 10.1. The second kappa shape index (κ2) is 4.89. The monoisotopic (exact) mass is 400 g/mol. The van der Waals surface area contributed by atoms with Crippen LogP contribution in [0.1, 0.15) is 15.2 Å². The van der Waals surface area contributed by atoms with Crippen LogP contribution in [0.15, 0.2) is 44.0 Å². The predicted molar refractivity (Wildman–Crippen MR) is 85.0 cm³/mol.